The second-order valence-electron chi connectivity index (χ2n) is 4.99. The van der Waals surface area contributed by atoms with Crippen LogP contribution in [0.4, 0.5) is 11.5 Å². The third-order valence-corrected chi connectivity index (χ3v) is 3.02. The monoisotopic (exact) mass is 285 g/mol. The molecule has 6 heteroatoms. The molecular formula is C15H19N5O. The minimum Gasteiger partial charge on any atom is -0.399 e. The first-order chi connectivity index (χ1) is 9.95. The van der Waals surface area contributed by atoms with E-state index in [0.29, 0.717) is 18.1 Å². The van der Waals surface area contributed by atoms with Gasteiger partial charge in [0.25, 0.3) is 0 Å². The van der Waals surface area contributed by atoms with Crippen LogP contribution in [0.5, 0.6) is 0 Å². The highest BCUT2D eigenvalue weighted by Crippen LogP contribution is 2.19. The normalized spacial score (nSPS) is 10.4. The second-order valence-corrected chi connectivity index (χ2v) is 4.99. The van der Waals surface area contributed by atoms with Gasteiger partial charge in [-0.05, 0) is 31.5 Å². The molecule has 0 spiro atoms. The Morgan fingerprint density at radius 1 is 1.33 bits per heavy atom. The van der Waals surface area contributed by atoms with E-state index in [4.69, 9.17) is 11.5 Å². The lowest BCUT2D eigenvalue weighted by molar-refractivity contribution is -0.116. The van der Waals surface area contributed by atoms with Gasteiger partial charge in [-0.2, -0.15) is 0 Å². The van der Waals surface area contributed by atoms with Gasteiger partial charge in [0.15, 0.2) is 5.82 Å². The number of amides is 1. The van der Waals surface area contributed by atoms with Gasteiger partial charge in [-0.1, -0.05) is 12.1 Å². The first-order valence-corrected chi connectivity index (χ1v) is 6.63. The molecule has 0 saturated carbocycles. The van der Waals surface area contributed by atoms with Gasteiger partial charge in [-0.3, -0.25) is 9.78 Å². The second kappa shape index (κ2) is 6.21. The van der Waals surface area contributed by atoms with Crippen LogP contribution in [0.15, 0.2) is 30.5 Å². The molecule has 0 saturated heterocycles. The summed E-state index contributed by atoms with van der Waals surface area (Å²) in [6.07, 6.45) is 1.70. The summed E-state index contributed by atoms with van der Waals surface area (Å²) in [5.41, 5.74) is 14.3. The fourth-order valence-corrected chi connectivity index (χ4v) is 2.13. The molecule has 110 valence electrons. The van der Waals surface area contributed by atoms with Crippen molar-refractivity contribution in [2.45, 2.75) is 20.4 Å². The number of nitrogen functional groups attached to an aromatic ring is 1. The van der Waals surface area contributed by atoms with Crippen LogP contribution in [0, 0.1) is 13.8 Å². The Hall–Kier alpha value is -2.63. The van der Waals surface area contributed by atoms with E-state index in [1.54, 1.807) is 6.20 Å². The van der Waals surface area contributed by atoms with Gasteiger partial charge in [0.1, 0.15) is 0 Å². The molecule has 2 aromatic rings. The minimum absolute atomic E-state index is 0.0772. The Labute approximate surface area is 123 Å². The van der Waals surface area contributed by atoms with Crippen LogP contribution in [0.25, 0.3) is 0 Å². The number of hydrogen-bond acceptors (Lipinski definition) is 5. The van der Waals surface area contributed by atoms with Crippen LogP contribution in [-0.2, 0) is 11.3 Å². The smallest absolute Gasteiger partial charge is 0.237 e. The number of rotatable bonds is 5. The summed E-state index contributed by atoms with van der Waals surface area (Å²) in [5.74, 6) is 0.248. The number of nitrogens with zero attached hydrogens (tertiary/aromatic N) is 3. The average Bonchev–Trinajstić information content (AvgIpc) is 2.40. The van der Waals surface area contributed by atoms with Gasteiger partial charge >= 0.3 is 0 Å². The first-order valence-electron chi connectivity index (χ1n) is 6.63. The van der Waals surface area contributed by atoms with E-state index < -0.39 is 5.91 Å². The summed E-state index contributed by atoms with van der Waals surface area (Å²) < 4.78 is 0. The van der Waals surface area contributed by atoms with Crippen molar-refractivity contribution < 1.29 is 4.79 Å². The van der Waals surface area contributed by atoms with Gasteiger partial charge in [0.05, 0.1) is 17.9 Å². The number of anilines is 2. The van der Waals surface area contributed by atoms with Crippen LogP contribution < -0.4 is 16.4 Å². The summed E-state index contributed by atoms with van der Waals surface area (Å²) in [5, 5.41) is 0. The Morgan fingerprint density at radius 3 is 2.76 bits per heavy atom. The zero-order valence-corrected chi connectivity index (χ0v) is 12.2. The average molecular weight is 285 g/mol. The van der Waals surface area contributed by atoms with Crippen molar-refractivity contribution in [2.24, 2.45) is 5.73 Å². The molecule has 0 unspecified atom stereocenters. The molecular weight excluding hydrogens is 266 g/mol. The predicted octanol–water partition coefficient (Wildman–Crippen LogP) is 1.17. The highest BCUT2D eigenvalue weighted by molar-refractivity contribution is 5.79. The molecule has 0 atom stereocenters. The van der Waals surface area contributed by atoms with Gasteiger partial charge in [-0.15, -0.1) is 0 Å². The van der Waals surface area contributed by atoms with Crippen molar-refractivity contribution in [1.82, 2.24) is 9.97 Å². The molecule has 21 heavy (non-hydrogen) atoms. The lowest BCUT2D eigenvalue weighted by Crippen LogP contribution is -2.34. The lowest BCUT2D eigenvalue weighted by Gasteiger charge is -2.24. The Morgan fingerprint density at radius 2 is 2.10 bits per heavy atom. The maximum Gasteiger partial charge on any atom is 0.237 e. The number of hydrogen-bond donors (Lipinski definition) is 2. The van der Waals surface area contributed by atoms with E-state index in [1.165, 1.54) is 0 Å². The summed E-state index contributed by atoms with van der Waals surface area (Å²) in [7, 11) is 0. The number of carbonyl (C=O) groups is 1. The van der Waals surface area contributed by atoms with Crippen molar-refractivity contribution in [3.8, 4) is 0 Å². The zero-order chi connectivity index (χ0) is 15.4. The molecule has 4 N–H and O–H groups in total. The van der Waals surface area contributed by atoms with Crippen LogP contribution >= 0.6 is 0 Å². The maximum absolute atomic E-state index is 11.3. The number of carbonyl (C=O) groups excluding carboxylic acids is 1. The zero-order valence-electron chi connectivity index (χ0n) is 12.2. The number of primary amides is 1. The summed E-state index contributed by atoms with van der Waals surface area (Å²) in [4.78, 5) is 21.9. The van der Waals surface area contributed by atoms with E-state index in [1.807, 2.05) is 43.0 Å². The fraction of sp³-hybridized carbons (Fsp3) is 0.267. The van der Waals surface area contributed by atoms with Crippen molar-refractivity contribution in [1.29, 1.82) is 0 Å². The van der Waals surface area contributed by atoms with E-state index >= 15 is 0 Å². The topological polar surface area (TPSA) is 98.1 Å². The van der Waals surface area contributed by atoms with Crippen molar-refractivity contribution in [3.63, 3.8) is 0 Å². The molecule has 1 aromatic carbocycles. The molecule has 6 nitrogen and oxygen atoms in total. The van der Waals surface area contributed by atoms with Crippen molar-refractivity contribution >= 4 is 17.4 Å². The fourth-order valence-electron chi connectivity index (χ4n) is 2.13. The SMILES string of the molecule is Cc1cnc(C)c(N(CC(N)=O)Cc2cccc(N)c2)n1. The van der Waals surface area contributed by atoms with E-state index in [0.717, 1.165) is 17.0 Å². The lowest BCUT2D eigenvalue weighted by atomic mass is 10.2. The van der Waals surface area contributed by atoms with E-state index in [9.17, 15) is 4.79 Å². The van der Waals surface area contributed by atoms with Crippen molar-refractivity contribution in [3.05, 3.63) is 47.4 Å². The van der Waals surface area contributed by atoms with E-state index in [-0.39, 0.29) is 6.54 Å². The van der Waals surface area contributed by atoms with Crippen molar-refractivity contribution in [2.75, 3.05) is 17.2 Å². The number of benzene rings is 1. The minimum atomic E-state index is -0.415. The Bertz CT molecular complexity index is 656. The summed E-state index contributed by atoms with van der Waals surface area (Å²) >= 11 is 0. The molecule has 0 aliphatic carbocycles. The first kappa shape index (κ1) is 14.8. The summed E-state index contributed by atoms with van der Waals surface area (Å²) in [6.45, 7) is 4.29. The number of aromatic nitrogens is 2. The van der Waals surface area contributed by atoms with Gasteiger partial charge in [-0.25, -0.2) is 4.98 Å². The predicted molar refractivity (Wildman–Crippen MR) is 82.6 cm³/mol. The molecule has 1 heterocycles. The molecule has 2 rings (SSSR count). The largest absolute Gasteiger partial charge is 0.399 e. The Kier molecular flexibility index (Phi) is 4.37. The van der Waals surface area contributed by atoms with E-state index in [2.05, 4.69) is 9.97 Å². The van der Waals surface area contributed by atoms with Crippen LogP contribution in [0.1, 0.15) is 17.0 Å². The highest BCUT2D eigenvalue weighted by Gasteiger charge is 2.15. The molecule has 0 fully saturated rings. The summed E-state index contributed by atoms with van der Waals surface area (Å²) in [6, 6.07) is 7.51. The van der Waals surface area contributed by atoms with Gasteiger partial charge < -0.3 is 16.4 Å². The van der Waals surface area contributed by atoms with Crippen LogP contribution in [-0.4, -0.2) is 22.4 Å². The number of aryl methyl sites for hydroxylation is 2. The standard InChI is InChI=1S/C15H19N5O/c1-10-7-18-11(2)15(19-10)20(9-14(17)21)8-12-4-3-5-13(16)6-12/h3-7H,8-9,16H2,1-2H3,(H2,17,21). The maximum atomic E-state index is 11.3. The van der Waals surface area contributed by atoms with Crippen LogP contribution in [0.2, 0.25) is 0 Å². The molecule has 0 aliphatic rings. The molecule has 0 bridgehead atoms. The van der Waals surface area contributed by atoms with Crippen LogP contribution in [0.3, 0.4) is 0 Å². The molecule has 0 radical (unpaired) electrons. The van der Waals surface area contributed by atoms with Gasteiger partial charge in [0, 0.05) is 18.4 Å². The van der Waals surface area contributed by atoms with Gasteiger partial charge in [0.2, 0.25) is 5.91 Å². The molecule has 1 amide bonds. The molecule has 0 aliphatic heterocycles. The third kappa shape index (κ3) is 3.92. The highest BCUT2D eigenvalue weighted by atomic mass is 16.1. The molecule has 1 aromatic heterocycles. The number of nitrogens with two attached hydrogens (primary N) is 2. The third-order valence-electron chi connectivity index (χ3n) is 3.02. The Balaban J connectivity index is 2.34. The quantitative estimate of drug-likeness (QED) is 0.803.